The van der Waals surface area contributed by atoms with Crippen molar-refractivity contribution in [3.63, 3.8) is 0 Å². The van der Waals surface area contributed by atoms with E-state index < -0.39 is 57.3 Å². The summed E-state index contributed by atoms with van der Waals surface area (Å²) in [7, 11) is -3.72. The summed E-state index contributed by atoms with van der Waals surface area (Å²) < 4.78 is 31.1. The number of carbonyl (C=O) groups is 5. The van der Waals surface area contributed by atoms with Crippen LogP contribution in [0.1, 0.15) is 109 Å². The monoisotopic (exact) mass is 750 g/mol. The Labute approximate surface area is 308 Å². The molecule has 52 heavy (non-hydrogen) atoms. The number of nitrogens with zero attached hydrogens (tertiary/aromatic N) is 3. The van der Waals surface area contributed by atoms with Gasteiger partial charge in [-0.25, -0.2) is 18.0 Å². The van der Waals surface area contributed by atoms with Crippen molar-refractivity contribution >= 4 is 39.9 Å². The molecule has 292 valence electrons. The molecule has 1 aromatic heterocycles. The zero-order chi connectivity index (χ0) is 38.9. The standard InChI is InChI=1S/C20H34N4O7S.C8H8N2O2.C6H12.C2H4/c1-5-14(17(26)23-32(29,30)13-8-9-13)22-18(27)15-7-6-10-24(15)16(25)11-21-19(28)31-12-20(2,3)4;11-8(12)10-4-6-1-2-9-3-7(6)5-10;1-2-4-6-5-3-1;1-2/h13-15H,5-12H2,1-4H3,(H,21,28)(H,22,27)(H,23,26);1-3H,4-5H2,(H,11,12);1-6H2;1-2H2. The Morgan fingerprint density at radius 2 is 1.58 bits per heavy atom. The van der Waals surface area contributed by atoms with Crippen LogP contribution in [0.15, 0.2) is 31.6 Å². The molecule has 2 saturated carbocycles. The zero-order valence-electron chi connectivity index (χ0n) is 31.2. The van der Waals surface area contributed by atoms with E-state index in [1.807, 2.05) is 31.6 Å². The summed E-state index contributed by atoms with van der Waals surface area (Å²) in [5, 5.41) is 13.1. The van der Waals surface area contributed by atoms with E-state index in [1.54, 1.807) is 19.3 Å². The van der Waals surface area contributed by atoms with Gasteiger partial charge in [0.1, 0.15) is 18.6 Å². The van der Waals surface area contributed by atoms with E-state index in [1.165, 1.54) is 48.3 Å². The van der Waals surface area contributed by atoms with Gasteiger partial charge < -0.3 is 25.4 Å². The second-order valence-corrected chi connectivity index (χ2v) is 16.3. The van der Waals surface area contributed by atoms with E-state index in [4.69, 9.17) is 9.84 Å². The van der Waals surface area contributed by atoms with Crippen molar-refractivity contribution in [3.05, 3.63) is 42.7 Å². The molecule has 2 unspecified atom stereocenters. The highest BCUT2D eigenvalue weighted by atomic mass is 32.2. The predicted octanol–water partition coefficient (Wildman–Crippen LogP) is 4.47. The zero-order valence-corrected chi connectivity index (χ0v) is 32.0. The van der Waals surface area contributed by atoms with Crippen LogP contribution in [0.5, 0.6) is 0 Å². The van der Waals surface area contributed by atoms with Crippen LogP contribution in [0.4, 0.5) is 9.59 Å². The molecule has 2 aliphatic heterocycles. The number of hydrogen-bond acceptors (Lipinski definition) is 9. The summed E-state index contributed by atoms with van der Waals surface area (Å²) >= 11 is 0. The maximum atomic E-state index is 12.8. The lowest BCUT2D eigenvalue weighted by Gasteiger charge is -2.26. The van der Waals surface area contributed by atoms with Gasteiger partial charge in [-0.15, -0.1) is 13.2 Å². The Morgan fingerprint density at radius 1 is 0.981 bits per heavy atom. The van der Waals surface area contributed by atoms with E-state index >= 15 is 0 Å². The van der Waals surface area contributed by atoms with Crippen molar-refractivity contribution < 1.29 is 42.2 Å². The van der Waals surface area contributed by atoms with Crippen LogP contribution in [0.2, 0.25) is 0 Å². The van der Waals surface area contributed by atoms with Gasteiger partial charge in [-0.3, -0.25) is 29.0 Å². The Bertz CT molecular complexity index is 1420. The molecule has 1 aromatic rings. The van der Waals surface area contributed by atoms with Crippen molar-refractivity contribution in [2.24, 2.45) is 5.41 Å². The number of carboxylic acid groups (broad SMARTS) is 1. The van der Waals surface area contributed by atoms with E-state index in [-0.39, 0.29) is 25.0 Å². The van der Waals surface area contributed by atoms with Crippen molar-refractivity contribution in [2.45, 2.75) is 129 Å². The van der Waals surface area contributed by atoms with Gasteiger partial charge in [0.05, 0.1) is 18.4 Å². The van der Waals surface area contributed by atoms with Gasteiger partial charge in [0.25, 0.3) is 5.91 Å². The van der Waals surface area contributed by atoms with Crippen LogP contribution in [0.25, 0.3) is 0 Å². The van der Waals surface area contributed by atoms with Gasteiger partial charge in [-0.2, -0.15) is 0 Å². The summed E-state index contributed by atoms with van der Waals surface area (Å²) in [6.07, 6.45) is 13.1. The summed E-state index contributed by atoms with van der Waals surface area (Å²) in [5.74, 6) is -1.76. The normalized spacial score (nSPS) is 18.3. The van der Waals surface area contributed by atoms with E-state index in [2.05, 4.69) is 28.8 Å². The quantitative estimate of drug-likeness (QED) is 0.261. The average Bonchev–Trinajstić information content (AvgIpc) is 3.72. The largest absolute Gasteiger partial charge is 0.465 e. The minimum atomic E-state index is -3.72. The number of ether oxygens (including phenoxy) is 1. The molecule has 5 amide bonds. The van der Waals surface area contributed by atoms with Crippen molar-refractivity contribution in [3.8, 4) is 0 Å². The first-order valence-electron chi connectivity index (χ1n) is 18.1. The molecular weight excluding hydrogens is 692 g/mol. The highest BCUT2D eigenvalue weighted by Crippen LogP contribution is 2.27. The summed E-state index contributed by atoms with van der Waals surface area (Å²) in [6.45, 7) is 14.6. The molecule has 5 rings (SSSR count). The number of likely N-dealkylation sites (tertiary alicyclic amines) is 1. The smallest absolute Gasteiger partial charge is 0.407 e. The summed E-state index contributed by atoms with van der Waals surface area (Å²) in [5.41, 5.74) is 1.87. The minimum absolute atomic E-state index is 0.193. The highest BCUT2D eigenvalue weighted by molar-refractivity contribution is 7.90. The molecule has 0 radical (unpaired) electrons. The van der Waals surface area contributed by atoms with Crippen LogP contribution in [0.3, 0.4) is 0 Å². The molecule has 15 nitrogen and oxygen atoms in total. The topological polar surface area (TPSA) is 204 Å². The maximum Gasteiger partial charge on any atom is 0.407 e. The van der Waals surface area contributed by atoms with Crippen LogP contribution in [-0.4, -0.2) is 95.2 Å². The second kappa shape index (κ2) is 21.3. The molecule has 3 fully saturated rings. The minimum Gasteiger partial charge on any atom is -0.465 e. The Kier molecular flexibility index (Phi) is 18.0. The fourth-order valence-electron chi connectivity index (χ4n) is 5.63. The lowest BCUT2D eigenvalue weighted by atomic mass is 9.99. The molecule has 4 N–H and O–H groups in total. The molecule has 0 spiro atoms. The third-order valence-electron chi connectivity index (χ3n) is 8.64. The van der Waals surface area contributed by atoms with Crippen LogP contribution in [0, 0.1) is 5.41 Å². The first kappa shape index (κ1) is 44.0. The third-order valence-corrected chi connectivity index (χ3v) is 10.5. The molecule has 0 aromatic carbocycles. The van der Waals surface area contributed by atoms with Gasteiger partial charge in [-0.05, 0) is 54.7 Å². The number of pyridine rings is 1. The Balaban J connectivity index is 0.000000375. The van der Waals surface area contributed by atoms with Gasteiger partial charge >= 0.3 is 12.2 Å². The van der Waals surface area contributed by atoms with E-state index in [0.29, 0.717) is 45.3 Å². The fraction of sp³-hybridized carbons (Fsp3) is 0.667. The van der Waals surface area contributed by atoms with Crippen LogP contribution in [-0.2, 0) is 42.2 Å². The Morgan fingerprint density at radius 3 is 2.10 bits per heavy atom. The van der Waals surface area contributed by atoms with E-state index in [0.717, 1.165) is 11.1 Å². The third kappa shape index (κ3) is 15.2. The molecule has 0 bridgehead atoms. The number of nitrogens with one attached hydrogen (secondary N) is 3. The number of alkyl carbamates (subject to hydrolysis) is 1. The SMILES string of the molecule is C1CCCCC1.C=C.CCC(NC(=O)C1CCCN1C(=O)CNC(=O)OCC(C)(C)C)C(=O)NS(=O)(=O)C1CC1.O=C(O)N1Cc2ccncc2C1. The first-order chi connectivity index (χ1) is 24.6. The van der Waals surface area contributed by atoms with Crippen molar-refractivity contribution in [1.29, 1.82) is 0 Å². The summed E-state index contributed by atoms with van der Waals surface area (Å²) in [4.78, 5) is 66.6. The molecule has 3 heterocycles. The van der Waals surface area contributed by atoms with E-state index in [9.17, 15) is 32.4 Å². The van der Waals surface area contributed by atoms with Crippen LogP contribution >= 0.6 is 0 Å². The van der Waals surface area contributed by atoms with Gasteiger partial charge in [0, 0.05) is 25.5 Å². The first-order valence-corrected chi connectivity index (χ1v) is 19.6. The predicted molar refractivity (Wildman–Crippen MR) is 196 cm³/mol. The molecule has 1 saturated heterocycles. The number of carbonyl (C=O) groups excluding carboxylic acids is 4. The molecule has 4 aliphatic rings. The van der Waals surface area contributed by atoms with Gasteiger partial charge in [0.2, 0.25) is 21.8 Å². The molecular formula is C36H58N6O9S. The average molecular weight is 751 g/mol. The van der Waals surface area contributed by atoms with Crippen molar-refractivity contribution in [2.75, 3.05) is 19.7 Å². The molecule has 2 atom stereocenters. The number of hydrogen-bond donors (Lipinski definition) is 4. The second-order valence-electron chi connectivity index (χ2n) is 14.3. The molecule has 2 aliphatic carbocycles. The van der Waals surface area contributed by atoms with Gasteiger partial charge in [0.15, 0.2) is 0 Å². The fourth-order valence-corrected chi connectivity index (χ4v) is 6.98. The molecule has 16 heteroatoms. The highest BCUT2D eigenvalue weighted by Gasteiger charge is 2.39. The number of aromatic nitrogens is 1. The summed E-state index contributed by atoms with van der Waals surface area (Å²) in [6, 6.07) is 0.0361. The Hall–Kier alpha value is -4.21. The lowest BCUT2D eigenvalue weighted by Crippen LogP contribution is -2.54. The number of rotatable bonds is 9. The lowest BCUT2D eigenvalue weighted by molar-refractivity contribution is -0.138. The number of fused-ring (bicyclic) bond motifs is 1. The number of sulfonamides is 1. The van der Waals surface area contributed by atoms with Gasteiger partial charge in [-0.1, -0.05) is 66.2 Å². The van der Waals surface area contributed by atoms with Crippen LogP contribution < -0.4 is 15.4 Å². The maximum absolute atomic E-state index is 12.8. The number of amides is 5. The van der Waals surface area contributed by atoms with Crippen molar-refractivity contribution in [1.82, 2.24) is 30.1 Å².